The number of hydrogen-bond acceptors (Lipinski definition) is 4. The number of nitrogens with one attached hydrogen (secondary N) is 1. The average molecular weight is 358 g/mol. The van der Waals surface area contributed by atoms with Crippen molar-refractivity contribution in [1.82, 2.24) is 15.1 Å². The zero-order valence-electron chi connectivity index (χ0n) is 12.9. The van der Waals surface area contributed by atoms with Crippen molar-refractivity contribution in [2.45, 2.75) is 33.2 Å². The number of halogens is 2. The first-order chi connectivity index (χ1) is 10.9. The zero-order chi connectivity index (χ0) is 17.0. The minimum absolute atomic E-state index is 0.213. The van der Waals surface area contributed by atoms with E-state index in [1.165, 1.54) is 0 Å². The topological polar surface area (TPSA) is 77.1 Å². The molecule has 23 heavy (non-hydrogen) atoms. The summed E-state index contributed by atoms with van der Waals surface area (Å²) in [7, 11) is 0. The van der Waals surface area contributed by atoms with Crippen LogP contribution < -0.4 is 5.32 Å². The highest BCUT2D eigenvalue weighted by Gasteiger charge is 2.14. The molecule has 0 unspecified atom stereocenters. The molecule has 8 heteroatoms. The maximum atomic E-state index is 11.9. The van der Waals surface area contributed by atoms with Crippen LogP contribution in [0.15, 0.2) is 16.5 Å². The molecular weight excluding hydrogens is 341 g/mol. The molecule has 2 rings (SSSR count). The maximum Gasteiger partial charge on any atom is 0.286 e. The summed E-state index contributed by atoms with van der Waals surface area (Å²) in [5.74, 6) is 0.489. The third-order valence-electron chi connectivity index (χ3n) is 3.32. The molecule has 2 aromatic heterocycles. The number of amides is 1. The first-order valence-corrected chi connectivity index (χ1v) is 7.89. The average Bonchev–Trinajstić information content (AvgIpc) is 3.05. The molecule has 0 fully saturated rings. The molecular formula is C15H17Cl2N3O3. The quantitative estimate of drug-likeness (QED) is 0.610. The highest BCUT2D eigenvalue weighted by Crippen LogP contribution is 2.20. The van der Waals surface area contributed by atoms with E-state index in [1.54, 1.807) is 16.8 Å². The second kappa shape index (κ2) is 7.66. The smallest absolute Gasteiger partial charge is 0.286 e. The van der Waals surface area contributed by atoms with Crippen molar-refractivity contribution in [3.8, 4) is 0 Å². The van der Waals surface area contributed by atoms with Crippen LogP contribution in [0.3, 0.4) is 0 Å². The number of carbonyl (C=O) groups is 2. The molecule has 124 valence electrons. The van der Waals surface area contributed by atoms with Crippen LogP contribution in [0, 0.1) is 13.8 Å². The molecule has 2 aromatic rings. The Morgan fingerprint density at radius 3 is 2.70 bits per heavy atom. The number of furan rings is 1. The summed E-state index contributed by atoms with van der Waals surface area (Å²) in [4.78, 5) is 22.5. The van der Waals surface area contributed by atoms with Gasteiger partial charge in [0.15, 0.2) is 5.76 Å². The third kappa shape index (κ3) is 4.59. The Morgan fingerprint density at radius 2 is 2.09 bits per heavy atom. The molecule has 0 spiro atoms. The van der Waals surface area contributed by atoms with Gasteiger partial charge in [0.25, 0.3) is 5.91 Å². The molecule has 0 aromatic carbocycles. The summed E-state index contributed by atoms with van der Waals surface area (Å²) in [5, 5.41) is 7.20. The predicted molar refractivity (Wildman–Crippen MR) is 86.9 cm³/mol. The van der Waals surface area contributed by atoms with Crippen LogP contribution >= 0.6 is 23.2 Å². The molecule has 0 aliphatic heterocycles. The Labute approximate surface area is 143 Å². The lowest BCUT2D eigenvalue weighted by molar-refractivity contribution is -0.111. The maximum absolute atomic E-state index is 11.9. The van der Waals surface area contributed by atoms with Crippen LogP contribution in [-0.2, 0) is 11.3 Å². The summed E-state index contributed by atoms with van der Waals surface area (Å²) in [6.45, 7) is 4.46. The van der Waals surface area contributed by atoms with Crippen molar-refractivity contribution in [2.75, 3.05) is 6.54 Å². The first kappa shape index (κ1) is 17.6. The van der Waals surface area contributed by atoms with Gasteiger partial charge < -0.3 is 9.73 Å². The Balaban J connectivity index is 1.93. The van der Waals surface area contributed by atoms with Gasteiger partial charge in [0, 0.05) is 13.0 Å². The summed E-state index contributed by atoms with van der Waals surface area (Å²) >= 11 is 11.3. The fourth-order valence-corrected chi connectivity index (χ4v) is 2.35. The van der Waals surface area contributed by atoms with E-state index in [0.29, 0.717) is 30.3 Å². The summed E-state index contributed by atoms with van der Waals surface area (Å²) in [6.07, 6.45) is 0.718. The van der Waals surface area contributed by atoms with E-state index >= 15 is 0 Å². The molecule has 0 aliphatic carbocycles. The number of nitrogens with zero attached hydrogens (tertiary/aromatic N) is 2. The van der Waals surface area contributed by atoms with Crippen molar-refractivity contribution < 1.29 is 14.0 Å². The van der Waals surface area contributed by atoms with E-state index < -0.39 is 5.24 Å². The highest BCUT2D eigenvalue weighted by molar-refractivity contribution is 6.63. The standard InChI is InChI=1S/C15H17Cl2N3O3/c1-9-14(17)10(2)20(19-9)8-11-5-6-12(23-11)15(22)18-7-3-4-13(16)21/h5-6H,3-4,7-8H2,1-2H3,(H,18,22). The van der Waals surface area contributed by atoms with E-state index in [1.807, 2.05) is 13.8 Å². The molecule has 0 aliphatic rings. The van der Waals surface area contributed by atoms with Gasteiger partial charge in [-0.25, -0.2) is 0 Å². The molecule has 0 bridgehead atoms. The van der Waals surface area contributed by atoms with Gasteiger partial charge in [0.2, 0.25) is 5.24 Å². The second-order valence-electron chi connectivity index (χ2n) is 5.12. The van der Waals surface area contributed by atoms with Crippen molar-refractivity contribution >= 4 is 34.4 Å². The van der Waals surface area contributed by atoms with Gasteiger partial charge in [-0.1, -0.05) is 11.6 Å². The van der Waals surface area contributed by atoms with Crippen LogP contribution in [0.2, 0.25) is 5.02 Å². The van der Waals surface area contributed by atoms with E-state index in [9.17, 15) is 9.59 Å². The van der Waals surface area contributed by atoms with Crippen LogP contribution in [0.4, 0.5) is 0 Å². The molecule has 0 saturated heterocycles. The number of rotatable bonds is 7. The van der Waals surface area contributed by atoms with Gasteiger partial charge >= 0.3 is 0 Å². The van der Waals surface area contributed by atoms with Crippen LogP contribution in [-0.4, -0.2) is 27.5 Å². The number of aryl methyl sites for hydroxylation is 1. The van der Waals surface area contributed by atoms with E-state index in [0.717, 1.165) is 11.4 Å². The lowest BCUT2D eigenvalue weighted by Crippen LogP contribution is -2.24. The number of hydrogen-bond donors (Lipinski definition) is 1. The molecule has 1 N–H and O–H groups in total. The highest BCUT2D eigenvalue weighted by atomic mass is 35.5. The van der Waals surface area contributed by atoms with Gasteiger partial charge in [-0.3, -0.25) is 14.3 Å². The summed E-state index contributed by atoms with van der Waals surface area (Å²) in [6, 6.07) is 3.33. The van der Waals surface area contributed by atoms with E-state index in [2.05, 4.69) is 10.4 Å². The van der Waals surface area contributed by atoms with Gasteiger partial charge in [0.05, 0.1) is 23.0 Å². The van der Waals surface area contributed by atoms with Crippen molar-refractivity contribution in [3.63, 3.8) is 0 Å². The first-order valence-electron chi connectivity index (χ1n) is 7.13. The normalized spacial score (nSPS) is 10.8. The lowest BCUT2D eigenvalue weighted by atomic mass is 10.3. The van der Waals surface area contributed by atoms with Gasteiger partial charge in [-0.05, 0) is 44.0 Å². The molecule has 0 atom stereocenters. The zero-order valence-corrected chi connectivity index (χ0v) is 14.4. The SMILES string of the molecule is Cc1nn(Cc2ccc(C(=O)NCCCC(=O)Cl)o2)c(C)c1Cl. The lowest BCUT2D eigenvalue weighted by Gasteiger charge is -2.03. The molecule has 1 amide bonds. The van der Waals surface area contributed by atoms with E-state index in [4.69, 9.17) is 27.6 Å². The summed E-state index contributed by atoms with van der Waals surface area (Å²) in [5.41, 5.74) is 1.60. The summed E-state index contributed by atoms with van der Waals surface area (Å²) < 4.78 is 7.25. The van der Waals surface area contributed by atoms with Crippen molar-refractivity contribution in [2.24, 2.45) is 0 Å². The van der Waals surface area contributed by atoms with Gasteiger partial charge in [0.1, 0.15) is 5.76 Å². The second-order valence-corrected chi connectivity index (χ2v) is 5.92. The number of carbonyl (C=O) groups excluding carboxylic acids is 2. The molecule has 0 saturated carbocycles. The Bertz CT molecular complexity index is 722. The third-order valence-corrected chi connectivity index (χ3v) is 4.06. The molecule has 2 heterocycles. The molecule has 6 nitrogen and oxygen atoms in total. The number of aromatic nitrogens is 2. The monoisotopic (exact) mass is 357 g/mol. The van der Waals surface area contributed by atoms with Gasteiger partial charge in [-0.2, -0.15) is 5.10 Å². The van der Waals surface area contributed by atoms with E-state index in [-0.39, 0.29) is 18.1 Å². The van der Waals surface area contributed by atoms with Crippen LogP contribution in [0.25, 0.3) is 0 Å². The van der Waals surface area contributed by atoms with Gasteiger partial charge in [-0.15, -0.1) is 0 Å². The predicted octanol–water partition coefficient (Wildman–Crippen LogP) is 3.07. The minimum atomic E-state index is -0.414. The fraction of sp³-hybridized carbons (Fsp3) is 0.400. The Hall–Kier alpha value is -1.79. The van der Waals surface area contributed by atoms with Crippen molar-refractivity contribution in [1.29, 1.82) is 0 Å². The molecule has 0 radical (unpaired) electrons. The Morgan fingerprint density at radius 1 is 1.35 bits per heavy atom. The van der Waals surface area contributed by atoms with Crippen LogP contribution in [0.1, 0.15) is 40.5 Å². The minimum Gasteiger partial charge on any atom is -0.454 e. The van der Waals surface area contributed by atoms with Crippen molar-refractivity contribution in [3.05, 3.63) is 40.1 Å². The fourth-order valence-electron chi connectivity index (χ4n) is 2.08. The van der Waals surface area contributed by atoms with Crippen LogP contribution in [0.5, 0.6) is 0 Å². The Kier molecular flexibility index (Phi) is 5.85. The largest absolute Gasteiger partial charge is 0.454 e.